The fraction of sp³-hybridized carbons (Fsp3) is 1.00. The molecule has 19 heavy (non-hydrogen) atoms. The van der Waals surface area contributed by atoms with Crippen molar-refractivity contribution in [3.8, 4) is 0 Å². The van der Waals surface area contributed by atoms with Gasteiger partial charge < -0.3 is 13.4 Å². The first-order valence-electron chi connectivity index (χ1n) is 7.57. The van der Waals surface area contributed by atoms with Gasteiger partial charge in [0.25, 0.3) is 0 Å². The molecule has 0 bridgehead atoms. The highest BCUT2D eigenvalue weighted by molar-refractivity contribution is 6.79. The predicted octanol–water partition coefficient (Wildman–Crippen LogP) is 4.00. The van der Waals surface area contributed by atoms with Crippen LogP contribution in [0.5, 0.6) is 0 Å². The van der Waals surface area contributed by atoms with Gasteiger partial charge in [0.05, 0.1) is 0 Å². The molecule has 0 saturated heterocycles. The lowest BCUT2D eigenvalue weighted by Gasteiger charge is -2.47. The van der Waals surface area contributed by atoms with Crippen LogP contribution in [0.25, 0.3) is 0 Å². The third-order valence-electron chi connectivity index (χ3n) is 4.39. The summed E-state index contributed by atoms with van der Waals surface area (Å²) in [7, 11) is -3.56. The van der Waals surface area contributed by atoms with E-state index >= 15 is 0 Å². The highest BCUT2D eigenvalue weighted by atomic mass is 28.4. The van der Waals surface area contributed by atoms with Crippen molar-refractivity contribution in [3.63, 3.8) is 0 Å². The summed E-state index contributed by atoms with van der Waals surface area (Å²) in [6.45, 7) is 23.2. The average Bonchev–Trinajstić information content (AvgIpc) is 2.24. The van der Waals surface area contributed by atoms with Crippen molar-refractivity contribution in [1.29, 1.82) is 0 Å². The molecule has 0 saturated carbocycles. The van der Waals surface area contributed by atoms with Crippen molar-refractivity contribution >= 4 is 16.8 Å². The Balaban J connectivity index is 5.06. The smallest absolute Gasteiger partial charge is 0.348 e. The molecule has 0 aliphatic rings. The molecule has 0 rings (SSSR count). The molecule has 5 heteroatoms. The van der Waals surface area contributed by atoms with Crippen molar-refractivity contribution in [2.24, 2.45) is 0 Å². The largest absolute Gasteiger partial charge is 0.394 e. The highest BCUT2D eigenvalue weighted by Gasteiger charge is 2.44. The zero-order valence-electron chi connectivity index (χ0n) is 14.6. The maximum absolute atomic E-state index is 6.01. The zero-order valence-corrected chi connectivity index (χ0v) is 16.6. The van der Waals surface area contributed by atoms with E-state index in [2.05, 4.69) is 65.7 Å². The summed E-state index contributed by atoms with van der Waals surface area (Å²) < 4.78 is 14.7. The lowest BCUT2D eigenvalue weighted by atomic mass is 10.2. The van der Waals surface area contributed by atoms with Crippen molar-refractivity contribution in [1.82, 2.24) is 4.57 Å². The summed E-state index contributed by atoms with van der Waals surface area (Å²) in [5.74, 6) is 0. The van der Waals surface area contributed by atoms with Crippen LogP contribution < -0.4 is 0 Å². The second-order valence-corrected chi connectivity index (χ2v) is 15.2. The average molecular weight is 306 g/mol. The summed E-state index contributed by atoms with van der Waals surface area (Å²) in [6.07, 6.45) is 0.988. The van der Waals surface area contributed by atoms with Crippen LogP contribution in [0.1, 0.15) is 41.5 Å². The monoisotopic (exact) mass is 305 g/mol. The maximum atomic E-state index is 6.01. The van der Waals surface area contributed by atoms with E-state index in [0.717, 1.165) is 25.9 Å². The Morgan fingerprint density at radius 1 is 0.895 bits per heavy atom. The summed E-state index contributed by atoms with van der Waals surface area (Å²) in [6, 6.07) is 0. The minimum Gasteiger partial charge on any atom is -0.394 e. The normalized spacial score (nSPS) is 14.2. The highest BCUT2D eigenvalue weighted by Crippen LogP contribution is 2.38. The maximum Gasteiger partial charge on any atom is 0.348 e. The van der Waals surface area contributed by atoms with Crippen molar-refractivity contribution < 1.29 is 8.85 Å². The molecule has 116 valence electrons. The van der Waals surface area contributed by atoms with E-state index < -0.39 is 16.8 Å². The fourth-order valence-electron chi connectivity index (χ4n) is 2.27. The number of hydrogen-bond donors (Lipinski definition) is 0. The Kier molecular flexibility index (Phi) is 7.48. The van der Waals surface area contributed by atoms with Gasteiger partial charge in [0.15, 0.2) is 0 Å². The first-order valence-corrected chi connectivity index (χ1v) is 13.0. The SMILES string of the molecule is CCO[Si](C)(CN(CC)[Si](C)(C)C(C)(C)C)OCC. The van der Waals surface area contributed by atoms with Gasteiger partial charge in [-0.1, -0.05) is 40.8 Å². The van der Waals surface area contributed by atoms with Crippen LogP contribution in [0.2, 0.25) is 24.7 Å². The van der Waals surface area contributed by atoms with Gasteiger partial charge in [-0.15, -0.1) is 0 Å². The van der Waals surface area contributed by atoms with Gasteiger partial charge in [-0.25, -0.2) is 0 Å². The second kappa shape index (κ2) is 7.36. The fourth-order valence-corrected chi connectivity index (χ4v) is 8.86. The second-order valence-electron chi connectivity index (χ2n) is 6.82. The minimum absolute atomic E-state index is 0.358. The van der Waals surface area contributed by atoms with Crippen LogP contribution in [-0.4, -0.2) is 47.3 Å². The standard InChI is InChI=1S/C14H35NO2Si2/c1-10-15(18(7,8)14(4,5)6)13-19(9,16-11-2)17-12-3/h10-13H2,1-9H3. The van der Waals surface area contributed by atoms with E-state index in [4.69, 9.17) is 8.85 Å². The topological polar surface area (TPSA) is 21.7 Å². The Morgan fingerprint density at radius 3 is 1.58 bits per heavy atom. The zero-order chi connectivity index (χ0) is 15.3. The van der Waals surface area contributed by atoms with Gasteiger partial charge in [-0.05, 0) is 32.0 Å². The molecular formula is C14H35NO2Si2. The van der Waals surface area contributed by atoms with Gasteiger partial charge >= 0.3 is 8.56 Å². The Labute approximate surface area is 123 Å². The molecule has 0 aromatic carbocycles. The molecule has 0 aliphatic carbocycles. The van der Waals surface area contributed by atoms with Gasteiger partial charge in [0.1, 0.15) is 8.24 Å². The van der Waals surface area contributed by atoms with Crippen LogP contribution in [0.4, 0.5) is 0 Å². The van der Waals surface area contributed by atoms with E-state index in [1.165, 1.54) is 0 Å². The molecule has 0 spiro atoms. The van der Waals surface area contributed by atoms with E-state index in [1.54, 1.807) is 0 Å². The van der Waals surface area contributed by atoms with Gasteiger partial charge in [-0.2, -0.15) is 0 Å². The number of nitrogens with zero attached hydrogens (tertiary/aromatic N) is 1. The third-order valence-corrected chi connectivity index (χ3v) is 13.2. The summed E-state index contributed by atoms with van der Waals surface area (Å²) in [5, 5.41) is 0.358. The Morgan fingerprint density at radius 2 is 1.32 bits per heavy atom. The molecule has 0 aromatic rings. The summed E-state index contributed by atoms with van der Waals surface area (Å²) in [5.41, 5.74) is 0. The molecule has 0 radical (unpaired) electrons. The molecule has 3 nitrogen and oxygen atoms in total. The van der Waals surface area contributed by atoms with Crippen LogP contribution in [-0.2, 0) is 8.85 Å². The lowest BCUT2D eigenvalue weighted by molar-refractivity contribution is 0.178. The van der Waals surface area contributed by atoms with Crippen molar-refractivity contribution in [3.05, 3.63) is 0 Å². The molecule has 0 atom stereocenters. The van der Waals surface area contributed by atoms with Gasteiger partial charge in [-0.3, -0.25) is 0 Å². The Hall–Kier alpha value is 0.314. The van der Waals surface area contributed by atoms with Crippen molar-refractivity contribution in [2.75, 3.05) is 25.9 Å². The molecule has 0 amide bonds. The predicted molar refractivity (Wildman–Crippen MR) is 89.3 cm³/mol. The van der Waals surface area contributed by atoms with E-state index in [1.807, 2.05) is 0 Å². The van der Waals surface area contributed by atoms with Gasteiger partial charge in [0, 0.05) is 19.4 Å². The van der Waals surface area contributed by atoms with Crippen LogP contribution in [0.3, 0.4) is 0 Å². The quantitative estimate of drug-likeness (QED) is 0.633. The minimum atomic E-state index is -2.06. The van der Waals surface area contributed by atoms with Crippen LogP contribution >= 0.6 is 0 Å². The van der Waals surface area contributed by atoms with E-state index in [-0.39, 0.29) is 0 Å². The molecule has 0 unspecified atom stereocenters. The van der Waals surface area contributed by atoms with Crippen molar-refractivity contribution in [2.45, 2.75) is 66.2 Å². The molecule has 0 fully saturated rings. The summed E-state index contributed by atoms with van der Waals surface area (Å²) in [4.78, 5) is 0. The molecular weight excluding hydrogens is 270 g/mol. The molecule has 0 heterocycles. The van der Waals surface area contributed by atoms with Crippen LogP contribution in [0.15, 0.2) is 0 Å². The van der Waals surface area contributed by atoms with E-state index in [0.29, 0.717) is 5.04 Å². The first kappa shape index (κ1) is 19.3. The lowest BCUT2D eigenvalue weighted by Crippen LogP contribution is -2.61. The number of rotatable bonds is 8. The van der Waals surface area contributed by atoms with E-state index in [9.17, 15) is 0 Å². The van der Waals surface area contributed by atoms with Crippen LogP contribution in [0, 0.1) is 0 Å². The number of hydrogen-bond acceptors (Lipinski definition) is 3. The molecule has 0 N–H and O–H groups in total. The third kappa shape index (κ3) is 5.30. The molecule has 0 aliphatic heterocycles. The Bertz CT molecular complexity index is 259. The summed E-state index contributed by atoms with van der Waals surface area (Å²) >= 11 is 0. The van der Waals surface area contributed by atoms with Gasteiger partial charge in [0.2, 0.25) is 0 Å². The molecule has 0 aromatic heterocycles. The first-order chi connectivity index (χ1) is 8.54.